The maximum Gasteiger partial charge on any atom is 0.337 e. The molecule has 0 saturated carbocycles. The second-order valence-corrected chi connectivity index (χ2v) is 6.16. The van der Waals surface area contributed by atoms with Crippen LogP contribution in [-0.4, -0.2) is 26.5 Å². The molecule has 2 aromatic carbocycles. The van der Waals surface area contributed by atoms with Gasteiger partial charge in [0.2, 0.25) is 0 Å². The van der Waals surface area contributed by atoms with Crippen LogP contribution in [0.3, 0.4) is 0 Å². The summed E-state index contributed by atoms with van der Waals surface area (Å²) in [4.78, 5) is 10.7. The minimum absolute atomic E-state index is 0.0340. The van der Waals surface area contributed by atoms with Gasteiger partial charge in [0.05, 0.1) is 11.3 Å². The summed E-state index contributed by atoms with van der Waals surface area (Å²) in [7, 11) is -3.00. The van der Waals surface area contributed by atoms with E-state index in [0.29, 0.717) is 0 Å². The largest absolute Gasteiger partial charge is 0.478 e. The molecule has 2 aromatic rings. The number of para-hydroxylation sites is 1. The van der Waals surface area contributed by atoms with Crippen LogP contribution in [0.5, 0.6) is 0 Å². The number of rotatable bonds is 4. The molecular formula is C14H12FNO4S. The molecule has 5 nitrogen and oxygen atoms in total. The number of anilines is 1. The summed E-state index contributed by atoms with van der Waals surface area (Å²) < 4.78 is 39.3. The molecule has 21 heavy (non-hydrogen) atoms. The van der Waals surface area contributed by atoms with Crippen molar-refractivity contribution in [2.24, 2.45) is 0 Å². The van der Waals surface area contributed by atoms with Gasteiger partial charge in [-0.15, -0.1) is 0 Å². The molecule has 0 fully saturated rings. The Morgan fingerprint density at radius 2 is 1.67 bits per heavy atom. The smallest absolute Gasteiger partial charge is 0.337 e. The number of hydrogen-bond acceptors (Lipinski definition) is 3. The minimum Gasteiger partial charge on any atom is -0.478 e. The fourth-order valence-corrected chi connectivity index (χ4v) is 3.14. The summed E-state index contributed by atoms with van der Waals surface area (Å²) in [6.45, 7) is 0. The summed E-state index contributed by atoms with van der Waals surface area (Å²) >= 11 is 0. The zero-order chi connectivity index (χ0) is 15.6. The van der Waals surface area contributed by atoms with Crippen molar-refractivity contribution in [2.45, 2.75) is 4.90 Å². The standard InChI is InChI=1S/C14H12FNO4S/c1-16(12-8-4-2-6-10(12)14(17)18)21(19,20)13-9-5-3-7-11(13)15/h2-9H,1H3,(H,17,18). The van der Waals surface area contributed by atoms with Crippen molar-refractivity contribution >= 4 is 21.7 Å². The third kappa shape index (κ3) is 2.73. The lowest BCUT2D eigenvalue weighted by molar-refractivity contribution is 0.0698. The van der Waals surface area contributed by atoms with Crippen molar-refractivity contribution in [3.63, 3.8) is 0 Å². The Labute approximate surface area is 121 Å². The first-order valence-corrected chi connectivity index (χ1v) is 7.35. The molecule has 110 valence electrons. The van der Waals surface area contributed by atoms with Gasteiger partial charge in [-0.25, -0.2) is 17.6 Å². The lowest BCUT2D eigenvalue weighted by Gasteiger charge is -2.21. The number of halogens is 1. The molecule has 0 spiro atoms. The van der Waals surface area contributed by atoms with Gasteiger partial charge in [-0.3, -0.25) is 4.31 Å². The molecule has 0 aromatic heterocycles. The van der Waals surface area contributed by atoms with Crippen molar-refractivity contribution in [3.05, 3.63) is 59.9 Å². The monoisotopic (exact) mass is 309 g/mol. The molecule has 0 saturated heterocycles. The number of hydrogen-bond donors (Lipinski definition) is 1. The maximum absolute atomic E-state index is 13.7. The molecular weight excluding hydrogens is 297 g/mol. The molecule has 0 aliphatic carbocycles. The second-order valence-electron chi connectivity index (χ2n) is 4.23. The van der Waals surface area contributed by atoms with Gasteiger partial charge in [-0.05, 0) is 24.3 Å². The first-order valence-electron chi connectivity index (χ1n) is 5.91. The normalized spacial score (nSPS) is 11.1. The Kier molecular flexibility index (Phi) is 3.95. The molecule has 7 heteroatoms. The molecule has 0 unspecified atom stereocenters. The molecule has 0 amide bonds. The number of carbonyl (C=O) groups is 1. The molecule has 2 rings (SSSR count). The van der Waals surface area contributed by atoms with Gasteiger partial charge in [0.25, 0.3) is 10.0 Å². The molecule has 1 N–H and O–H groups in total. The Morgan fingerprint density at radius 1 is 1.10 bits per heavy atom. The van der Waals surface area contributed by atoms with Crippen LogP contribution in [0.25, 0.3) is 0 Å². The Morgan fingerprint density at radius 3 is 2.29 bits per heavy atom. The van der Waals surface area contributed by atoms with E-state index < -0.39 is 26.7 Å². The van der Waals surface area contributed by atoms with E-state index in [1.807, 2.05) is 0 Å². The molecule has 0 aliphatic rings. The van der Waals surface area contributed by atoms with E-state index in [1.54, 1.807) is 0 Å². The van der Waals surface area contributed by atoms with Gasteiger partial charge in [-0.2, -0.15) is 0 Å². The van der Waals surface area contributed by atoms with E-state index >= 15 is 0 Å². The van der Waals surface area contributed by atoms with Gasteiger partial charge < -0.3 is 5.11 Å². The van der Waals surface area contributed by atoms with Gasteiger partial charge in [-0.1, -0.05) is 24.3 Å². The highest BCUT2D eigenvalue weighted by molar-refractivity contribution is 7.92. The molecule has 0 heterocycles. The molecule has 0 radical (unpaired) electrons. The quantitative estimate of drug-likeness (QED) is 0.940. The van der Waals surface area contributed by atoms with Gasteiger partial charge in [0.1, 0.15) is 10.7 Å². The van der Waals surface area contributed by atoms with E-state index in [-0.39, 0.29) is 11.3 Å². The lowest BCUT2D eigenvalue weighted by Crippen LogP contribution is -2.28. The highest BCUT2D eigenvalue weighted by Gasteiger charge is 2.27. The predicted molar refractivity (Wildman–Crippen MR) is 75.4 cm³/mol. The van der Waals surface area contributed by atoms with Crippen LogP contribution >= 0.6 is 0 Å². The predicted octanol–water partition coefficient (Wildman–Crippen LogP) is 2.35. The molecule has 0 bridgehead atoms. The fraction of sp³-hybridized carbons (Fsp3) is 0.0714. The molecule has 0 atom stereocenters. The first kappa shape index (κ1) is 15.0. The van der Waals surface area contributed by atoms with Crippen molar-refractivity contribution in [1.29, 1.82) is 0 Å². The maximum atomic E-state index is 13.7. The van der Waals surface area contributed by atoms with E-state index in [2.05, 4.69) is 0 Å². The number of benzene rings is 2. The Bertz CT molecular complexity index is 789. The van der Waals surface area contributed by atoms with Crippen molar-refractivity contribution in [3.8, 4) is 0 Å². The van der Waals surface area contributed by atoms with Crippen LogP contribution in [-0.2, 0) is 10.0 Å². The summed E-state index contributed by atoms with van der Waals surface area (Å²) in [5, 5.41) is 9.11. The number of carboxylic acids is 1. The second kappa shape index (κ2) is 5.53. The van der Waals surface area contributed by atoms with Crippen LogP contribution in [0, 0.1) is 5.82 Å². The number of aromatic carboxylic acids is 1. The van der Waals surface area contributed by atoms with E-state index in [9.17, 15) is 17.6 Å². The van der Waals surface area contributed by atoms with E-state index in [1.165, 1.54) is 43.4 Å². The summed E-state index contributed by atoms with van der Waals surface area (Å²) in [5.74, 6) is -2.15. The zero-order valence-electron chi connectivity index (χ0n) is 11.0. The van der Waals surface area contributed by atoms with Crippen LogP contribution in [0.4, 0.5) is 10.1 Å². The number of nitrogens with zero attached hydrogens (tertiary/aromatic N) is 1. The zero-order valence-corrected chi connectivity index (χ0v) is 11.8. The summed E-state index contributed by atoms with van der Waals surface area (Å²) in [6, 6.07) is 10.6. The van der Waals surface area contributed by atoms with E-state index in [0.717, 1.165) is 16.4 Å². The SMILES string of the molecule is CN(c1ccccc1C(=O)O)S(=O)(=O)c1ccccc1F. The van der Waals surface area contributed by atoms with Crippen LogP contribution in [0.2, 0.25) is 0 Å². The third-order valence-corrected chi connectivity index (χ3v) is 4.75. The number of carboxylic acid groups (broad SMARTS) is 1. The van der Waals surface area contributed by atoms with Crippen molar-refractivity contribution < 1.29 is 22.7 Å². The summed E-state index contributed by atoms with van der Waals surface area (Å²) in [5.41, 5.74) is -0.215. The first-order chi connectivity index (χ1) is 9.85. The Balaban J connectivity index is 2.57. The average Bonchev–Trinajstić information content (AvgIpc) is 2.46. The fourth-order valence-electron chi connectivity index (χ4n) is 1.86. The van der Waals surface area contributed by atoms with Crippen molar-refractivity contribution in [2.75, 3.05) is 11.4 Å². The Hall–Kier alpha value is -2.41. The third-order valence-electron chi connectivity index (χ3n) is 2.95. The van der Waals surface area contributed by atoms with Crippen molar-refractivity contribution in [1.82, 2.24) is 0 Å². The van der Waals surface area contributed by atoms with E-state index in [4.69, 9.17) is 5.11 Å². The van der Waals surface area contributed by atoms with Gasteiger partial charge in [0, 0.05) is 7.05 Å². The topological polar surface area (TPSA) is 74.7 Å². The average molecular weight is 309 g/mol. The lowest BCUT2D eigenvalue weighted by atomic mass is 10.2. The molecule has 0 aliphatic heterocycles. The van der Waals surface area contributed by atoms with Crippen LogP contribution in [0.1, 0.15) is 10.4 Å². The summed E-state index contributed by atoms with van der Waals surface area (Å²) in [6.07, 6.45) is 0. The number of sulfonamides is 1. The highest BCUT2D eigenvalue weighted by atomic mass is 32.2. The highest BCUT2D eigenvalue weighted by Crippen LogP contribution is 2.26. The van der Waals surface area contributed by atoms with Gasteiger partial charge >= 0.3 is 5.97 Å². The van der Waals surface area contributed by atoms with Crippen LogP contribution in [0.15, 0.2) is 53.4 Å². The van der Waals surface area contributed by atoms with Crippen LogP contribution < -0.4 is 4.31 Å². The van der Waals surface area contributed by atoms with Gasteiger partial charge in [0.15, 0.2) is 0 Å². The minimum atomic E-state index is -4.18.